The van der Waals surface area contributed by atoms with Gasteiger partial charge in [-0.3, -0.25) is 0 Å². The maximum Gasteiger partial charge on any atom is -0.0126 e. The Hall–Kier alpha value is -0.740. The quantitative estimate of drug-likeness (QED) is 0.261. The first-order valence-electron chi connectivity index (χ1n) is 6.34. The summed E-state index contributed by atoms with van der Waals surface area (Å²) in [4.78, 5) is 0. The van der Waals surface area contributed by atoms with Gasteiger partial charge in [-0.25, -0.2) is 0 Å². The Morgan fingerprint density at radius 2 is 1.47 bits per heavy atom. The molecule has 0 bridgehead atoms. The van der Waals surface area contributed by atoms with Crippen LogP contribution in [-0.4, -0.2) is 0 Å². The lowest BCUT2D eigenvalue weighted by molar-refractivity contribution is 0.692. The molecule has 0 aromatic rings. The molecule has 0 heteroatoms. The number of unbranched alkanes of at least 4 members (excludes halogenated alkanes) is 7. The van der Waals surface area contributed by atoms with Crippen molar-refractivity contribution in [3.8, 4) is 0 Å². The third-order valence-corrected chi connectivity index (χ3v) is 2.48. The molecule has 0 aliphatic heterocycles. The molecule has 85 valence electrons. The van der Waals surface area contributed by atoms with Crippen molar-refractivity contribution in [2.24, 2.45) is 0 Å². The average Bonchev–Trinajstić information content (AvgIpc) is 2.26. The van der Waals surface area contributed by atoms with Crippen LogP contribution in [0, 0.1) is 6.58 Å². The van der Waals surface area contributed by atoms with E-state index in [9.17, 15) is 0 Å². The molecule has 0 aromatic heterocycles. The van der Waals surface area contributed by atoms with Crippen molar-refractivity contribution in [3.05, 3.63) is 30.5 Å². The first-order chi connectivity index (χ1) is 7.41. The highest BCUT2D eigenvalue weighted by molar-refractivity contribution is 4.81. The third kappa shape index (κ3) is 13.3. The van der Waals surface area contributed by atoms with E-state index in [0.717, 1.165) is 6.42 Å². The monoisotopic (exact) mass is 205 g/mol. The normalized spacial score (nSPS) is 10.5. The van der Waals surface area contributed by atoms with E-state index in [1.807, 2.05) is 6.08 Å². The van der Waals surface area contributed by atoms with Gasteiger partial charge in [0.2, 0.25) is 0 Å². The number of hydrogen-bond donors (Lipinski definition) is 0. The van der Waals surface area contributed by atoms with Crippen molar-refractivity contribution in [2.75, 3.05) is 0 Å². The molecule has 0 heterocycles. The second kappa shape index (κ2) is 13.3. The minimum absolute atomic E-state index is 1.08. The molecule has 0 rings (SSSR count). The van der Waals surface area contributed by atoms with Gasteiger partial charge in [-0.15, -0.1) is 5.73 Å². The molecule has 0 saturated heterocycles. The van der Waals surface area contributed by atoms with Gasteiger partial charge in [-0.05, 0) is 51.2 Å². The van der Waals surface area contributed by atoms with Crippen LogP contribution in [0.1, 0.15) is 64.7 Å². The topological polar surface area (TPSA) is 0 Å². The summed E-state index contributed by atoms with van der Waals surface area (Å²) < 4.78 is 0. The van der Waals surface area contributed by atoms with E-state index in [0.29, 0.717) is 0 Å². The minimum Gasteiger partial charge on any atom is -0.125 e. The Balaban J connectivity index is 3.05. The molecule has 0 aromatic carbocycles. The van der Waals surface area contributed by atoms with Gasteiger partial charge in [0.1, 0.15) is 0 Å². The molecule has 0 saturated carbocycles. The number of hydrogen-bond acceptors (Lipinski definition) is 0. The number of rotatable bonds is 10. The molecule has 0 spiro atoms. The van der Waals surface area contributed by atoms with E-state index < -0.39 is 0 Å². The zero-order valence-corrected chi connectivity index (χ0v) is 10.2. The maximum atomic E-state index is 5.13. The van der Waals surface area contributed by atoms with Gasteiger partial charge in [0.05, 0.1) is 0 Å². The van der Waals surface area contributed by atoms with Gasteiger partial charge in [0.25, 0.3) is 0 Å². The average molecular weight is 205 g/mol. The molecule has 0 fully saturated rings. The molecule has 0 nitrogen and oxygen atoms in total. The summed E-state index contributed by atoms with van der Waals surface area (Å²) in [5, 5.41) is 0. The van der Waals surface area contributed by atoms with Crippen LogP contribution < -0.4 is 0 Å². The molecule has 0 N–H and O–H groups in total. The largest absolute Gasteiger partial charge is 0.125 e. The highest BCUT2D eigenvalue weighted by Gasteiger charge is 1.86. The molecule has 0 aliphatic carbocycles. The third-order valence-electron chi connectivity index (χ3n) is 2.48. The van der Waals surface area contributed by atoms with E-state index in [1.54, 1.807) is 0 Å². The minimum atomic E-state index is 1.08. The Morgan fingerprint density at radius 1 is 0.867 bits per heavy atom. The molecule has 0 amide bonds. The molecule has 1 radical (unpaired) electrons. The first kappa shape index (κ1) is 14.3. The first-order valence-corrected chi connectivity index (χ1v) is 6.34. The summed E-state index contributed by atoms with van der Waals surface area (Å²) in [7, 11) is 0. The smallest absolute Gasteiger partial charge is 0.0126 e. The Kier molecular flexibility index (Phi) is 12.6. The van der Waals surface area contributed by atoms with Crippen LogP contribution in [0.15, 0.2) is 24.0 Å². The zero-order valence-electron chi connectivity index (χ0n) is 10.2. The standard InChI is InChI=1S/C15H25/c1-3-5-7-9-11-13-15-14-12-10-8-6-4-2/h1,5,12,14H,4,6-11,13,15H2,2H3. The summed E-state index contributed by atoms with van der Waals surface area (Å²) in [6.07, 6.45) is 18.1. The fourth-order valence-corrected chi connectivity index (χ4v) is 1.52. The van der Waals surface area contributed by atoms with Crippen LogP contribution in [0.5, 0.6) is 0 Å². The molecule has 0 atom stereocenters. The second-order valence-electron chi connectivity index (χ2n) is 3.98. The van der Waals surface area contributed by atoms with Gasteiger partial charge in [0.15, 0.2) is 0 Å². The Labute approximate surface area is 95.8 Å². The number of allylic oxidation sites excluding steroid dienone is 3. The van der Waals surface area contributed by atoms with Crippen molar-refractivity contribution in [1.29, 1.82) is 0 Å². The van der Waals surface area contributed by atoms with Crippen molar-refractivity contribution in [2.45, 2.75) is 64.7 Å². The van der Waals surface area contributed by atoms with E-state index in [1.165, 1.54) is 51.4 Å². The van der Waals surface area contributed by atoms with Crippen LogP contribution in [-0.2, 0) is 0 Å². The van der Waals surface area contributed by atoms with E-state index in [-0.39, 0.29) is 0 Å². The molecular formula is C15H25. The van der Waals surface area contributed by atoms with Gasteiger partial charge < -0.3 is 0 Å². The Morgan fingerprint density at radius 3 is 2.07 bits per heavy atom. The SMILES string of the molecule is [CH]=C=CCCCCCC=CCCCCC. The van der Waals surface area contributed by atoms with Crippen molar-refractivity contribution in [3.63, 3.8) is 0 Å². The Bertz CT molecular complexity index is 182. The van der Waals surface area contributed by atoms with Crippen LogP contribution >= 0.6 is 0 Å². The van der Waals surface area contributed by atoms with Crippen molar-refractivity contribution >= 4 is 0 Å². The molecule has 15 heavy (non-hydrogen) atoms. The highest BCUT2D eigenvalue weighted by Crippen LogP contribution is 2.05. The second-order valence-corrected chi connectivity index (χ2v) is 3.98. The summed E-state index contributed by atoms with van der Waals surface area (Å²) in [5.41, 5.74) is 2.56. The lowest BCUT2D eigenvalue weighted by atomic mass is 10.1. The van der Waals surface area contributed by atoms with Gasteiger partial charge >= 0.3 is 0 Å². The van der Waals surface area contributed by atoms with E-state index >= 15 is 0 Å². The summed E-state index contributed by atoms with van der Waals surface area (Å²) in [6, 6.07) is 0. The van der Waals surface area contributed by atoms with Crippen LogP contribution in [0.25, 0.3) is 0 Å². The summed E-state index contributed by atoms with van der Waals surface area (Å²) >= 11 is 0. The summed E-state index contributed by atoms with van der Waals surface area (Å²) in [5.74, 6) is 0. The lowest BCUT2D eigenvalue weighted by Crippen LogP contribution is -1.75. The van der Waals surface area contributed by atoms with E-state index in [2.05, 4.69) is 24.8 Å². The zero-order chi connectivity index (χ0) is 11.2. The van der Waals surface area contributed by atoms with Gasteiger partial charge in [-0.2, -0.15) is 0 Å². The van der Waals surface area contributed by atoms with Crippen molar-refractivity contribution < 1.29 is 0 Å². The van der Waals surface area contributed by atoms with E-state index in [4.69, 9.17) is 6.58 Å². The van der Waals surface area contributed by atoms with Gasteiger partial charge in [-0.1, -0.05) is 38.3 Å². The van der Waals surface area contributed by atoms with Crippen LogP contribution in [0.2, 0.25) is 0 Å². The van der Waals surface area contributed by atoms with Crippen molar-refractivity contribution in [1.82, 2.24) is 0 Å². The predicted molar refractivity (Wildman–Crippen MR) is 68.8 cm³/mol. The fourth-order valence-electron chi connectivity index (χ4n) is 1.52. The predicted octanol–water partition coefficient (Wildman–Crippen LogP) is 5.22. The molecule has 0 unspecified atom stereocenters. The fraction of sp³-hybridized carbons (Fsp3) is 0.667. The van der Waals surface area contributed by atoms with Gasteiger partial charge in [0, 0.05) is 0 Å². The maximum absolute atomic E-state index is 5.13. The molecular weight excluding hydrogens is 180 g/mol. The van der Waals surface area contributed by atoms with Crippen LogP contribution in [0.3, 0.4) is 0 Å². The summed E-state index contributed by atoms with van der Waals surface area (Å²) in [6.45, 7) is 7.38. The molecule has 0 aliphatic rings. The van der Waals surface area contributed by atoms with Crippen LogP contribution in [0.4, 0.5) is 0 Å². The highest BCUT2D eigenvalue weighted by atomic mass is 13.9. The lowest BCUT2D eigenvalue weighted by Gasteiger charge is -1.95.